The van der Waals surface area contributed by atoms with Crippen molar-refractivity contribution in [3.05, 3.63) is 12.2 Å². The topological polar surface area (TPSA) is 37.4 Å². The van der Waals surface area contributed by atoms with Crippen LogP contribution < -0.4 is 0 Å². The van der Waals surface area contributed by atoms with Crippen molar-refractivity contribution in [2.75, 3.05) is 6.54 Å². The van der Waals surface area contributed by atoms with Gasteiger partial charge in [0.05, 0.1) is 5.92 Å². The summed E-state index contributed by atoms with van der Waals surface area (Å²) in [5.74, 6) is -1.93. The van der Waals surface area contributed by atoms with E-state index in [1.807, 2.05) is 0 Å². The molecule has 0 aromatic heterocycles. The minimum Gasteiger partial charge on any atom is -0.275 e. The van der Waals surface area contributed by atoms with Gasteiger partial charge in [-0.2, -0.15) is 13.2 Å². The number of unbranched alkanes of at least 4 members (excludes halogenated alkanes) is 2. The van der Waals surface area contributed by atoms with Crippen molar-refractivity contribution in [2.45, 2.75) is 45.2 Å². The van der Waals surface area contributed by atoms with E-state index in [9.17, 15) is 22.8 Å². The quantitative estimate of drug-likeness (QED) is 0.530. The number of amides is 2. The molecule has 1 unspecified atom stereocenters. The average Bonchev–Trinajstić information content (AvgIpc) is 2.63. The summed E-state index contributed by atoms with van der Waals surface area (Å²) in [5, 5.41) is 0. The molecule has 0 aliphatic carbocycles. The van der Waals surface area contributed by atoms with Crippen molar-refractivity contribution in [2.24, 2.45) is 5.92 Å². The highest BCUT2D eigenvalue weighted by molar-refractivity contribution is 6.12. The zero-order chi connectivity index (χ0) is 14.5. The van der Waals surface area contributed by atoms with Crippen LogP contribution in [0.25, 0.3) is 0 Å². The monoisotopic (exact) mass is 277 g/mol. The molecular formula is C13H18F3NO2. The second-order valence-corrected chi connectivity index (χ2v) is 4.66. The first-order valence-corrected chi connectivity index (χ1v) is 6.46. The number of nitrogens with zero attached hydrogens (tertiary/aromatic N) is 1. The summed E-state index contributed by atoms with van der Waals surface area (Å²) in [6.45, 7) is 1.82. The summed E-state index contributed by atoms with van der Waals surface area (Å²) >= 11 is 0. The molecule has 1 aliphatic heterocycles. The van der Waals surface area contributed by atoms with E-state index in [-0.39, 0.29) is 31.2 Å². The zero-order valence-electron chi connectivity index (χ0n) is 10.9. The molecule has 0 saturated heterocycles. The zero-order valence-corrected chi connectivity index (χ0v) is 10.9. The highest BCUT2D eigenvalue weighted by atomic mass is 19.4. The fourth-order valence-electron chi connectivity index (χ4n) is 2.09. The molecule has 0 aromatic rings. The van der Waals surface area contributed by atoms with E-state index in [4.69, 9.17) is 0 Å². The Morgan fingerprint density at radius 1 is 1.11 bits per heavy atom. The smallest absolute Gasteiger partial charge is 0.275 e. The summed E-state index contributed by atoms with van der Waals surface area (Å²) in [5.41, 5.74) is 0. The summed E-state index contributed by atoms with van der Waals surface area (Å²) in [4.78, 5) is 23.5. The Morgan fingerprint density at radius 3 is 2.16 bits per heavy atom. The van der Waals surface area contributed by atoms with Gasteiger partial charge in [0.15, 0.2) is 0 Å². The SMILES string of the molecule is CCC(CCCCCN1C(=O)C=CC1=O)C(F)(F)F. The van der Waals surface area contributed by atoms with E-state index in [1.54, 1.807) is 0 Å². The molecule has 0 aromatic carbocycles. The number of halogens is 3. The summed E-state index contributed by atoms with van der Waals surface area (Å²) in [7, 11) is 0. The van der Waals surface area contributed by atoms with Crippen LogP contribution in [0.2, 0.25) is 0 Å². The van der Waals surface area contributed by atoms with E-state index in [2.05, 4.69) is 0 Å². The minimum absolute atomic E-state index is 0.0938. The van der Waals surface area contributed by atoms with Gasteiger partial charge in [-0.05, 0) is 19.3 Å². The van der Waals surface area contributed by atoms with E-state index in [1.165, 1.54) is 19.1 Å². The first-order valence-electron chi connectivity index (χ1n) is 6.46. The molecule has 2 amide bonds. The Kier molecular flexibility index (Phi) is 5.57. The van der Waals surface area contributed by atoms with Crippen molar-refractivity contribution in [1.29, 1.82) is 0 Å². The normalized spacial score (nSPS) is 17.4. The fraction of sp³-hybridized carbons (Fsp3) is 0.692. The molecule has 1 heterocycles. The highest BCUT2D eigenvalue weighted by Crippen LogP contribution is 2.32. The van der Waals surface area contributed by atoms with Gasteiger partial charge in [0.2, 0.25) is 0 Å². The lowest BCUT2D eigenvalue weighted by atomic mass is 9.98. The summed E-state index contributed by atoms with van der Waals surface area (Å²) < 4.78 is 37.4. The summed E-state index contributed by atoms with van der Waals surface area (Å²) in [6.07, 6.45) is 0.0904. The van der Waals surface area contributed by atoms with Crippen LogP contribution in [-0.2, 0) is 9.59 Å². The van der Waals surface area contributed by atoms with Crippen LogP contribution in [-0.4, -0.2) is 29.4 Å². The third-order valence-electron chi connectivity index (χ3n) is 3.29. The van der Waals surface area contributed by atoms with Crippen LogP contribution in [0.5, 0.6) is 0 Å². The second-order valence-electron chi connectivity index (χ2n) is 4.66. The molecular weight excluding hydrogens is 259 g/mol. The lowest BCUT2D eigenvalue weighted by Gasteiger charge is -2.18. The number of carbonyl (C=O) groups excluding carboxylic acids is 2. The van der Waals surface area contributed by atoms with Crippen LogP contribution in [0.4, 0.5) is 13.2 Å². The Bertz CT molecular complexity index is 345. The van der Waals surface area contributed by atoms with Gasteiger partial charge in [0.25, 0.3) is 11.8 Å². The molecule has 0 bridgehead atoms. The first kappa shape index (κ1) is 15.7. The van der Waals surface area contributed by atoms with Crippen molar-refractivity contribution in [3.8, 4) is 0 Å². The predicted octanol–water partition coefficient (Wildman–Crippen LogP) is 3.06. The molecule has 0 radical (unpaired) electrons. The number of carbonyl (C=O) groups is 2. The van der Waals surface area contributed by atoms with E-state index in [0.29, 0.717) is 19.3 Å². The molecule has 1 rings (SSSR count). The first-order chi connectivity index (χ1) is 8.86. The van der Waals surface area contributed by atoms with Gasteiger partial charge in [0, 0.05) is 18.7 Å². The van der Waals surface area contributed by atoms with Gasteiger partial charge in [-0.15, -0.1) is 0 Å². The Morgan fingerprint density at radius 2 is 1.68 bits per heavy atom. The minimum atomic E-state index is -4.13. The van der Waals surface area contributed by atoms with Crippen LogP contribution in [0, 0.1) is 5.92 Å². The van der Waals surface area contributed by atoms with E-state index >= 15 is 0 Å². The van der Waals surface area contributed by atoms with Crippen molar-refractivity contribution in [1.82, 2.24) is 4.90 Å². The molecule has 1 atom stereocenters. The van der Waals surface area contributed by atoms with Crippen LogP contribution >= 0.6 is 0 Å². The predicted molar refractivity (Wildman–Crippen MR) is 64.2 cm³/mol. The maximum atomic E-state index is 12.5. The van der Waals surface area contributed by atoms with E-state index in [0.717, 1.165) is 4.90 Å². The summed E-state index contributed by atoms with van der Waals surface area (Å²) in [6, 6.07) is 0. The number of hydrogen-bond acceptors (Lipinski definition) is 2. The molecule has 1 aliphatic rings. The Hall–Kier alpha value is -1.33. The lowest BCUT2D eigenvalue weighted by Crippen LogP contribution is -2.30. The lowest BCUT2D eigenvalue weighted by molar-refractivity contribution is -0.177. The van der Waals surface area contributed by atoms with Gasteiger partial charge in [0.1, 0.15) is 0 Å². The molecule has 6 heteroatoms. The van der Waals surface area contributed by atoms with Crippen molar-refractivity contribution >= 4 is 11.8 Å². The third kappa shape index (κ3) is 4.69. The maximum absolute atomic E-state index is 12.5. The molecule has 0 spiro atoms. The largest absolute Gasteiger partial charge is 0.391 e. The number of rotatable bonds is 7. The molecule has 0 saturated carbocycles. The third-order valence-corrected chi connectivity index (χ3v) is 3.29. The van der Waals surface area contributed by atoms with Crippen LogP contribution in [0.15, 0.2) is 12.2 Å². The van der Waals surface area contributed by atoms with Gasteiger partial charge in [-0.1, -0.05) is 19.8 Å². The Labute approximate surface area is 110 Å². The van der Waals surface area contributed by atoms with Crippen molar-refractivity contribution in [3.63, 3.8) is 0 Å². The number of alkyl halides is 3. The highest BCUT2D eigenvalue weighted by Gasteiger charge is 2.37. The van der Waals surface area contributed by atoms with Gasteiger partial charge in [-0.25, -0.2) is 0 Å². The molecule has 3 nitrogen and oxygen atoms in total. The fourth-order valence-corrected chi connectivity index (χ4v) is 2.09. The molecule has 108 valence electrons. The number of imide groups is 1. The number of hydrogen-bond donors (Lipinski definition) is 0. The van der Waals surface area contributed by atoms with Crippen molar-refractivity contribution < 1.29 is 22.8 Å². The average molecular weight is 277 g/mol. The van der Waals surface area contributed by atoms with Crippen LogP contribution in [0.3, 0.4) is 0 Å². The van der Waals surface area contributed by atoms with Crippen LogP contribution in [0.1, 0.15) is 39.0 Å². The second kappa shape index (κ2) is 6.73. The molecule has 19 heavy (non-hydrogen) atoms. The van der Waals surface area contributed by atoms with Gasteiger partial charge < -0.3 is 0 Å². The standard InChI is InChI=1S/C13H18F3NO2/c1-2-10(13(14,15)16)6-4-3-5-9-17-11(18)7-8-12(17)19/h7-8,10H,2-6,9H2,1H3. The maximum Gasteiger partial charge on any atom is 0.391 e. The molecule has 0 fully saturated rings. The van der Waals surface area contributed by atoms with E-state index < -0.39 is 12.1 Å². The molecule has 0 N–H and O–H groups in total. The Balaban J connectivity index is 2.18. The van der Waals surface area contributed by atoms with Gasteiger partial charge >= 0.3 is 6.18 Å². The van der Waals surface area contributed by atoms with Gasteiger partial charge in [-0.3, -0.25) is 14.5 Å².